The van der Waals surface area contributed by atoms with Crippen LogP contribution in [0.1, 0.15) is 32.6 Å². The van der Waals surface area contributed by atoms with E-state index in [1.54, 1.807) is 6.92 Å². The van der Waals surface area contributed by atoms with E-state index in [0.717, 1.165) is 32.2 Å². The maximum absolute atomic E-state index is 12.1. The average molecular weight is 240 g/mol. The molecule has 0 atom stereocenters. The van der Waals surface area contributed by atoms with Gasteiger partial charge in [-0.3, -0.25) is 4.90 Å². The van der Waals surface area contributed by atoms with E-state index in [0.29, 0.717) is 13.1 Å². The molecule has 0 amide bonds. The van der Waals surface area contributed by atoms with Crippen LogP contribution in [-0.2, 0) is 0 Å². The minimum Gasteiger partial charge on any atom is -0.320 e. The summed E-state index contributed by atoms with van der Waals surface area (Å²) in [6.07, 6.45) is -0.0158. The summed E-state index contributed by atoms with van der Waals surface area (Å²) in [5, 5.41) is 3.05. The normalized spacial score (nSPS) is 12.4. The molecule has 0 saturated carbocycles. The number of hydrogen-bond donors (Lipinski definition) is 1. The first-order valence-corrected chi connectivity index (χ1v) is 5.93. The molecule has 0 rings (SSSR count). The van der Waals surface area contributed by atoms with Crippen molar-refractivity contribution in [1.29, 1.82) is 0 Å². The predicted octanol–water partition coefficient (Wildman–Crippen LogP) is 2.65. The fourth-order valence-electron chi connectivity index (χ4n) is 1.59. The van der Waals surface area contributed by atoms with Crippen molar-refractivity contribution in [2.75, 3.05) is 33.2 Å². The first-order valence-electron chi connectivity index (χ1n) is 5.93. The third kappa shape index (κ3) is 10.2. The Kier molecular flexibility index (Phi) is 8.66. The Hall–Kier alpha value is -0.290. The van der Waals surface area contributed by atoms with Crippen LogP contribution in [0.4, 0.5) is 13.2 Å². The van der Waals surface area contributed by atoms with Crippen LogP contribution in [-0.4, -0.2) is 44.3 Å². The first kappa shape index (κ1) is 15.7. The number of nitrogens with zero attached hydrogens (tertiary/aromatic N) is 1. The van der Waals surface area contributed by atoms with Crippen LogP contribution in [0.2, 0.25) is 0 Å². The predicted molar refractivity (Wildman–Crippen MR) is 60.6 cm³/mol. The summed E-state index contributed by atoms with van der Waals surface area (Å²) in [5.41, 5.74) is 0. The Labute approximate surface area is 96.2 Å². The van der Waals surface area contributed by atoms with Gasteiger partial charge in [0.2, 0.25) is 0 Å². The van der Waals surface area contributed by atoms with E-state index >= 15 is 0 Å². The van der Waals surface area contributed by atoms with Crippen molar-refractivity contribution in [1.82, 2.24) is 10.2 Å². The zero-order valence-corrected chi connectivity index (χ0v) is 10.2. The molecule has 0 heterocycles. The topological polar surface area (TPSA) is 15.3 Å². The van der Waals surface area contributed by atoms with Crippen LogP contribution in [0.15, 0.2) is 0 Å². The molecule has 5 heteroatoms. The quantitative estimate of drug-likeness (QED) is 0.623. The number of nitrogens with one attached hydrogen (secondary N) is 1. The lowest BCUT2D eigenvalue weighted by atomic mass is 10.2. The minimum atomic E-state index is -4.07. The lowest BCUT2D eigenvalue weighted by Gasteiger charge is -2.21. The second-order valence-corrected chi connectivity index (χ2v) is 4.00. The van der Waals surface area contributed by atoms with Gasteiger partial charge in [-0.15, -0.1) is 0 Å². The van der Waals surface area contributed by atoms with Gasteiger partial charge in [0.25, 0.3) is 0 Å². The van der Waals surface area contributed by atoms with Gasteiger partial charge in [0, 0.05) is 0 Å². The van der Waals surface area contributed by atoms with E-state index in [-0.39, 0.29) is 0 Å². The third-order valence-corrected chi connectivity index (χ3v) is 2.50. The molecule has 1 N–H and O–H groups in total. The number of rotatable bonds is 9. The fourth-order valence-corrected chi connectivity index (χ4v) is 1.59. The van der Waals surface area contributed by atoms with Crippen LogP contribution < -0.4 is 5.32 Å². The number of hydrogen-bond acceptors (Lipinski definition) is 2. The Morgan fingerprint density at radius 1 is 1.06 bits per heavy atom. The highest BCUT2D eigenvalue weighted by Crippen LogP contribution is 2.16. The Morgan fingerprint density at radius 3 is 2.19 bits per heavy atom. The second-order valence-electron chi connectivity index (χ2n) is 4.00. The van der Waals surface area contributed by atoms with Gasteiger partial charge in [-0.1, -0.05) is 19.8 Å². The highest BCUT2D eigenvalue weighted by Gasteiger charge is 2.29. The maximum atomic E-state index is 12.1. The molecule has 0 unspecified atom stereocenters. The van der Waals surface area contributed by atoms with Crippen molar-refractivity contribution in [3.05, 3.63) is 0 Å². The van der Waals surface area contributed by atoms with E-state index in [1.165, 1.54) is 4.90 Å². The Morgan fingerprint density at radius 2 is 1.69 bits per heavy atom. The molecule has 2 nitrogen and oxygen atoms in total. The lowest BCUT2D eigenvalue weighted by Crippen LogP contribution is -2.34. The highest BCUT2D eigenvalue weighted by atomic mass is 19.4. The van der Waals surface area contributed by atoms with Crippen LogP contribution in [0, 0.1) is 0 Å². The van der Waals surface area contributed by atoms with E-state index in [1.807, 2.05) is 7.05 Å². The summed E-state index contributed by atoms with van der Waals surface area (Å²) in [5.74, 6) is 0. The van der Waals surface area contributed by atoms with Gasteiger partial charge in [-0.25, -0.2) is 0 Å². The molecule has 0 fully saturated rings. The molecule has 0 aliphatic heterocycles. The van der Waals surface area contributed by atoms with Crippen molar-refractivity contribution in [3.63, 3.8) is 0 Å². The average Bonchev–Trinajstić information content (AvgIpc) is 2.19. The van der Waals surface area contributed by atoms with E-state index in [9.17, 15) is 13.2 Å². The van der Waals surface area contributed by atoms with Gasteiger partial charge < -0.3 is 5.32 Å². The fraction of sp³-hybridized carbons (Fsp3) is 1.00. The summed E-state index contributed by atoms with van der Waals surface area (Å²) < 4.78 is 36.4. The van der Waals surface area contributed by atoms with Crippen molar-refractivity contribution < 1.29 is 13.2 Å². The molecule has 98 valence electrons. The van der Waals surface area contributed by atoms with Crippen molar-refractivity contribution in [3.8, 4) is 0 Å². The second kappa shape index (κ2) is 8.82. The van der Waals surface area contributed by atoms with Gasteiger partial charge in [-0.2, -0.15) is 13.2 Å². The molecule has 0 saturated heterocycles. The zero-order chi connectivity index (χ0) is 12.4. The SMILES string of the molecule is CCN(CCCCCCNC)CC(F)(F)F. The third-order valence-electron chi connectivity index (χ3n) is 2.50. The van der Waals surface area contributed by atoms with Crippen LogP contribution in [0.5, 0.6) is 0 Å². The number of alkyl halides is 3. The standard InChI is InChI=1S/C11H23F3N2/c1-3-16(10-11(12,13)14)9-7-5-4-6-8-15-2/h15H,3-10H2,1-2H3. The summed E-state index contributed by atoms with van der Waals surface area (Å²) in [6.45, 7) is 3.00. The van der Waals surface area contributed by atoms with Gasteiger partial charge >= 0.3 is 6.18 Å². The molecule has 0 bridgehead atoms. The summed E-state index contributed by atoms with van der Waals surface area (Å²) in [7, 11) is 1.90. The van der Waals surface area contributed by atoms with E-state index < -0.39 is 12.7 Å². The van der Waals surface area contributed by atoms with Crippen LogP contribution >= 0.6 is 0 Å². The van der Waals surface area contributed by atoms with Gasteiger partial charge in [0.15, 0.2) is 0 Å². The molecule has 16 heavy (non-hydrogen) atoms. The molecule has 0 radical (unpaired) electrons. The Bertz CT molecular complexity index is 160. The van der Waals surface area contributed by atoms with Crippen LogP contribution in [0.25, 0.3) is 0 Å². The highest BCUT2D eigenvalue weighted by molar-refractivity contribution is 4.61. The minimum absolute atomic E-state index is 0.468. The van der Waals surface area contributed by atoms with Crippen molar-refractivity contribution in [2.24, 2.45) is 0 Å². The molecule has 0 aromatic carbocycles. The largest absolute Gasteiger partial charge is 0.401 e. The zero-order valence-electron chi connectivity index (χ0n) is 10.2. The van der Waals surface area contributed by atoms with E-state index in [2.05, 4.69) is 5.32 Å². The van der Waals surface area contributed by atoms with E-state index in [4.69, 9.17) is 0 Å². The molecule has 0 aromatic heterocycles. The van der Waals surface area contributed by atoms with Crippen LogP contribution in [0.3, 0.4) is 0 Å². The lowest BCUT2D eigenvalue weighted by molar-refractivity contribution is -0.145. The van der Waals surface area contributed by atoms with Gasteiger partial charge in [0.05, 0.1) is 6.54 Å². The smallest absolute Gasteiger partial charge is 0.320 e. The Balaban J connectivity index is 3.48. The first-order chi connectivity index (χ1) is 7.49. The number of unbranched alkanes of at least 4 members (excludes halogenated alkanes) is 3. The summed E-state index contributed by atoms with van der Waals surface area (Å²) in [6, 6.07) is 0. The van der Waals surface area contributed by atoms with Gasteiger partial charge in [0.1, 0.15) is 0 Å². The number of halogens is 3. The maximum Gasteiger partial charge on any atom is 0.401 e. The molecule has 0 aromatic rings. The van der Waals surface area contributed by atoms with Gasteiger partial charge in [-0.05, 0) is 39.5 Å². The van der Waals surface area contributed by atoms with Crippen molar-refractivity contribution >= 4 is 0 Å². The molecular weight excluding hydrogens is 217 g/mol. The summed E-state index contributed by atoms with van der Waals surface area (Å²) in [4.78, 5) is 1.46. The monoisotopic (exact) mass is 240 g/mol. The summed E-state index contributed by atoms with van der Waals surface area (Å²) >= 11 is 0. The molecule has 0 spiro atoms. The molecule has 0 aliphatic carbocycles. The molecular formula is C11H23F3N2. The molecule has 0 aliphatic rings. The van der Waals surface area contributed by atoms with Crippen molar-refractivity contribution in [2.45, 2.75) is 38.8 Å².